The maximum Gasteiger partial charge on any atom is 0.307 e. The zero-order valence-electron chi connectivity index (χ0n) is 11.1. The van der Waals surface area contributed by atoms with Gasteiger partial charge >= 0.3 is 10.2 Å². The van der Waals surface area contributed by atoms with Crippen LogP contribution in [0.4, 0.5) is 0 Å². The Morgan fingerprint density at radius 2 is 2.05 bits per heavy atom. The van der Waals surface area contributed by atoms with E-state index in [1.807, 2.05) is 0 Å². The summed E-state index contributed by atoms with van der Waals surface area (Å²) in [5.41, 5.74) is 0.735. The van der Waals surface area contributed by atoms with Crippen molar-refractivity contribution in [1.82, 2.24) is 8.61 Å². The van der Waals surface area contributed by atoms with E-state index in [9.17, 15) is 13.2 Å². The lowest BCUT2D eigenvalue weighted by Gasteiger charge is -2.17. The van der Waals surface area contributed by atoms with E-state index in [0.717, 1.165) is 16.3 Å². The molecule has 2 aliphatic heterocycles. The van der Waals surface area contributed by atoms with Crippen molar-refractivity contribution < 1.29 is 13.2 Å². The number of hydrogen-bond donors (Lipinski definition) is 0. The molecule has 1 atom stereocenters. The zero-order chi connectivity index (χ0) is 15.2. The van der Waals surface area contributed by atoms with Gasteiger partial charge in [-0.15, -0.1) is 0 Å². The molecule has 2 saturated heterocycles. The van der Waals surface area contributed by atoms with Crippen LogP contribution in [-0.4, -0.2) is 42.1 Å². The van der Waals surface area contributed by atoms with Gasteiger partial charge in [0, 0.05) is 13.1 Å². The van der Waals surface area contributed by atoms with Gasteiger partial charge in [0.25, 0.3) is 5.91 Å². The zero-order valence-corrected chi connectivity index (χ0v) is 13.5. The maximum atomic E-state index is 12.3. The molecule has 114 valence electrons. The molecule has 0 unspecified atom stereocenters. The van der Waals surface area contributed by atoms with Crippen molar-refractivity contribution in [3.05, 3.63) is 33.8 Å². The van der Waals surface area contributed by atoms with E-state index >= 15 is 0 Å². The first-order chi connectivity index (χ1) is 9.93. The lowest BCUT2D eigenvalue weighted by molar-refractivity contribution is -0.127. The summed E-state index contributed by atoms with van der Waals surface area (Å²) in [6.45, 7) is 0.515. The number of carbonyl (C=O) groups is 1. The second-order valence-electron chi connectivity index (χ2n) is 5.15. The van der Waals surface area contributed by atoms with E-state index in [2.05, 4.69) is 0 Å². The molecule has 0 saturated carbocycles. The molecule has 2 aliphatic rings. The maximum absolute atomic E-state index is 12.3. The first-order valence-electron chi connectivity index (χ1n) is 6.69. The van der Waals surface area contributed by atoms with E-state index < -0.39 is 16.3 Å². The minimum atomic E-state index is -3.67. The van der Waals surface area contributed by atoms with Gasteiger partial charge in [-0.05, 0) is 30.9 Å². The van der Waals surface area contributed by atoms with Crippen molar-refractivity contribution in [2.45, 2.75) is 25.3 Å². The summed E-state index contributed by atoms with van der Waals surface area (Å²) >= 11 is 12.0. The van der Waals surface area contributed by atoms with E-state index in [4.69, 9.17) is 23.2 Å². The monoisotopic (exact) mass is 348 g/mol. The molecule has 0 aromatic heterocycles. The van der Waals surface area contributed by atoms with Crippen LogP contribution in [0.3, 0.4) is 0 Å². The Bertz CT molecular complexity index is 693. The minimum absolute atomic E-state index is 0.0915. The minimum Gasteiger partial charge on any atom is -0.272 e. The Morgan fingerprint density at radius 3 is 2.76 bits per heavy atom. The molecule has 0 radical (unpaired) electrons. The van der Waals surface area contributed by atoms with Crippen molar-refractivity contribution in [2.75, 3.05) is 13.1 Å². The average molecular weight is 349 g/mol. The van der Waals surface area contributed by atoms with Crippen molar-refractivity contribution in [3.8, 4) is 0 Å². The van der Waals surface area contributed by atoms with Gasteiger partial charge in [0.2, 0.25) is 0 Å². The average Bonchev–Trinajstić information content (AvgIpc) is 2.98. The summed E-state index contributed by atoms with van der Waals surface area (Å²) in [6.07, 6.45) is 1.70. The van der Waals surface area contributed by atoms with Gasteiger partial charge in [-0.2, -0.15) is 12.7 Å². The molecule has 1 aromatic carbocycles. The number of hydrogen-bond acceptors (Lipinski definition) is 3. The highest BCUT2D eigenvalue weighted by Gasteiger charge is 2.52. The molecular formula is C13H14Cl2N2O3S. The van der Waals surface area contributed by atoms with Crippen LogP contribution < -0.4 is 0 Å². The number of carbonyl (C=O) groups excluding carboxylic acids is 1. The van der Waals surface area contributed by atoms with Gasteiger partial charge in [-0.1, -0.05) is 35.3 Å². The summed E-state index contributed by atoms with van der Waals surface area (Å²) in [7, 11) is -3.67. The number of amides is 1. The van der Waals surface area contributed by atoms with Crippen LogP contribution in [0.5, 0.6) is 0 Å². The summed E-state index contributed by atoms with van der Waals surface area (Å²) < 4.78 is 26.9. The molecule has 1 amide bonds. The van der Waals surface area contributed by atoms with Gasteiger partial charge in [-0.25, -0.2) is 4.31 Å². The van der Waals surface area contributed by atoms with Gasteiger partial charge in [0.15, 0.2) is 0 Å². The number of benzene rings is 1. The fraction of sp³-hybridized carbons (Fsp3) is 0.462. The first kappa shape index (κ1) is 15.1. The number of halogens is 2. The van der Waals surface area contributed by atoms with Crippen LogP contribution in [0.1, 0.15) is 18.4 Å². The molecule has 0 N–H and O–H groups in total. The molecule has 3 rings (SSSR count). The van der Waals surface area contributed by atoms with Crippen LogP contribution in [0.25, 0.3) is 0 Å². The van der Waals surface area contributed by atoms with Crippen LogP contribution in [-0.2, 0) is 21.4 Å². The SMILES string of the molecule is O=C1[C@@H]2CCCN2S(=O)(=O)N1CCc1cccc(Cl)c1Cl. The van der Waals surface area contributed by atoms with Crippen LogP contribution in [0.15, 0.2) is 18.2 Å². The van der Waals surface area contributed by atoms with Gasteiger partial charge in [-0.3, -0.25) is 4.79 Å². The molecule has 5 nitrogen and oxygen atoms in total. The number of rotatable bonds is 3. The normalized spacial score (nSPS) is 24.6. The predicted octanol–water partition coefficient (Wildman–Crippen LogP) is 2.09. The smallest absolute Gasteiger partial charge is 0.272 e. The number of fused-ring (bicyclic) bond motifs is 1. The molecule has 0 spiro atoms. The van der Waals surface area contributed by atoms with E-state index in [1.165, 1.54) is 4.31 Å². The fourth-order valence-electron chi connectivity index (χ4n) is 2.86. The standard InChI is InChI=1S/C13H14Cl2N2O3S/c14-10-4-1-3-9(12(10)15)6-8-17-13(18)11-5-2-7-16(11)21(17,19)20/h1,3-4,11H,2,5-8H2/t11-/m0/s1. The lowest BCUT2D eigenvalue weighted by atomic mass is 10.1. The van der Waals surface area contributed by atoms with E-state index in [1.54, 1.807) is 18.2 Å². The number of nitrogens with zero attached hydrogens (tertiary/aromatic N) is 2. The highest BCUT2D eigenvalue weighted by Crippen LogP contribution is 2.32. The highest BCUT2D eigenvalue weighted by molar-refractivity contribution is 7.87. The Morgan fingerprint density at radius 1 is 1.29 bits per heavy atom. The van der Waals surface area contributed by atoms with Crippen molar-refractivity contribution in [1.29, 1.82) is 0 Å². The summed E-state index contributed by atoms with van der Waals surface area (Å²) in [5.74, 6) is -0.328. The van der Waals surface area contributed by atoms with Crippen LogP contribution in [0, 0.1) is 0 Å². The second kappa shape index (κ2) is 5.43. The quantitative estimate of drug-likeness (QED) is 0.840. The first-order valence-corrected chi connectivity index (χ1v) is 8.84. The molecule has 8 heteroatoms. The third-order valence-electron chi connectivity index (χ3n) is 3.93. The largest absolute Gasteiger partial charge is 0.307 e. The highest BCUT2D eigenvalue weighted by atomic mass is 35.5. The molecule has 0 aliphatic carbocycles. The Kier molecular flexibility index (Phi) is 3.90. The Labute approximate surface area is 133 Å². The van der Waals surface area contributed by atoms with Gasteiger partial charge < -0.3 is 0 Å². The van der Waals surface area contributed by atoms with E-state index in [-0.39, 0.29) is 12.5 Å². The van der Waals surface area contributed by atoms with Crippen LogP contribution in [0.2, 0.25) is 10.0 Å². The molecule has 2 fully saturated rings. The summed E-state index contributed by atoms with van der Waals surface area (Å²) in [5, 5.41) is 0.828. The summed E-state index contributed by atoms with van der Waals surface area (Å²) in [4.78, 5) is 12.2. The van der Waals surface area contributed by atoms with Gasteiger partial charge in [0.1, 0.15) is 6.04 Å². The summed E-state index contributed by atoms with van der Waals surface area (Å²) in [6, 6.07) is 4.69. The molecule has 21 heavy (non-hydrogen) atoms. The Balaban J connectivity index is 1.79. The third-order valence-corrected chi connectivity index (χ3v) is 6.73. The third kappa shape index (κ3) is 2.44. The van der Waals surface area contributed by atoms with Crippen molar-refractivity contribution >= 4 is 39.3 Å². The second-order valence-corrected chi connectivity index (χ2v) is 7.74. The lowest BCUT2D eigenvalue weighted by Crippen LogP contribution is -2.35. The molecule has 2 heterocycles. The van der Waals surface area contributed by atoms with Gasteiger partial charge in [0.05, 0.1) is 10.0 Å². The van der Waals surface area contributed by atoms with Crippen molar-refractivity contribution in [3.63, 3.8) is 0 Å². The van der Waals surface area contributed by atoms with E-state index in [0.29, 0.717) is 29.4 Å². The fourth-order valence-corrected chi connectivity index (χ4v) is 5.07. The molecule has 0 bridgehead atoms. The topological polar surface area (TPSA) is 57.7 Å². The Hall–Kier alpha value is -0.820. The van der Waals surface area contributed by atoms with Crippen LogP contribution >= 0.6 is 23.2 Å². The molecular weight excluding hydrogens is 335 g/mol. The molecule has 1 aromatic rings. The predicted molar refractivity (Wildman–Crippen MR) is 80.5 cm³/mol. The van der Waals surface area contributed by atoms with Crippen molar-refractivity contribution in [2.24, 2.45) is 0 Å².